The maximum Gasteiger partial charge on any atom is 0.141 e. The van der Waals surface area contributed by atoms with E-state index in [9.17, 15) is 0 Å². The van der Waals surface area contributed by atoms with E-state index in [1.54, 1.807) is 0 Å². The average Bonchev–Trinajstić information content (AvgIpc) is 2.34. The summed E-state index contributed by atoms with van der Waals surface area (Å²) in [5, 5.41) is 6.98. The molecule has 0 spiro atoms. The van der Waals surface area contributed by atoms with Crippen LogP contribution in [0.2, 0.25) is 0 Å². The zero-order chi connectivity index (χ0) is 8.27. The number of hydrogen-bond donors (Lipinski definition) is 1. The largest absolute Gasteiger partial charge is 0.361 e. The fraction of sp³-hybridized carbons (Fsp3) is 0.625. The van der Waals surface area contributed by atoms with Crippen molar-refractivity contribution >= 4 is 0 Å². The Labute approximate surface area is 66.8 Å². The van der Waals surface area contributed by atoms with E-state index in [1.807, 2.05) is 14.0 Å². The molecule has 1 aromatic rings. The zero-order valence-corrected chi connectivity index (χ0v) is 7.27. The fourth-order valence-corrected chi connectivity index (χ4v) is 1.12. The predicted molar refractivity (Wildman–Crippen MR) is 43.4 cm³/mol. The van der Waals surface area contributed by atoms with E-state index in [2.05, 4.69) is 17.4 Å². The second kappa shape index (κ2) is 3.53. The molecular weight excluding hydrogens is 140 g/mol. The van der Waals surface area contributed by atoms with Crippen molar-refractivity contribution in [3.8, 4) is 0 Å². The average molecular weight is 154 g/mol. The second-order valence-corrected chi connectivity index (χ2v) is 2.55. The number of nitrogens with zero attached hydrogens (tertiary/aromatic N) is 1. The summed E-state index contributed by atoms with van der Waals surface area (Å²) in [6.07, 6.45) is 0.915. The number of nitrogens with one attached hydrogen (secondary N) is 1. The summed E-state index contributed by atoms with van der Waals surface area (Å²) in [7, 11) is 1.92. The summed E-state index contributed by atoms with van der Waals surface area (Å²) < 4.78 is 5.11. The van der Waals surface area contributed by atoms with Gasteiger partial charge in [-0.05, 0) is 14.0 Å². The molecule has 3 heteroatoms. The van der Waals surface area contributed by atoms with Crippen molar-refractivity contribution in [1.29, 1.82) is 0 Å². The Morgan fingerprint density at radius 2 is 2.27 bits per heavy atom. The summed E-state index contributed by atoms with van der Waals surface area (Å²) in [4.78, 5) is 0. The van der Waals surface area contributed by atoms with E-state index >= 15 is 0 Å². The van der Waals surface area contributed by atoms with Gasteiger partial charge in [0.05, 0.1) is 5.69 Å². The lowest BCUT2D eigenvalue weighted by atomic mass is 10.1. The van der Waals surface area contributed by atoms with Crippen molar-refractivity contribution < 1.29 is 4.52 Å². The molecule has 62 valence electrons. The van der Waals surface area contributed by atoms with Crippen LogP contribution in [0, 0.1) is 6.92 Å². The van der Waals surface area contributed by atoms with E-state index in [0.29, 0.717) is 0 Å². The van der Waals surface area contributed by atoms with Crippen molar-refractivity contribution in [2.75, 3.05) is 7.05 Å². The number of aromatic nitrogens is 1. The van der Waals surface area contributed by atoms with Gasteiger partial charge in [0.25, 0.3) is 0 Å². The SMILES string of the molecule is CCc1onc(C)c1CNC. The van der Waals surface area contributed by atoms with E-state index in [0.717, 1.165) is 24.4 Å². The lowest BCUT2D eigenvalue weighted by Crippen LogP contribution is -2.07. The summed E-state index contributed by atoms with van der Waals surface area (Å²) in [5.41, 5.74) is 2.20. The molecule has 1 heterocycles. The van der Waals surface area contributed by atoms with E-state index in [4.69, 9.17) is 4.52 Å². The summed E-state index contributed by atoms with van der Waals surface area (Å²) in [5.74, 6) is 0.997. The zero-order valence-electron chi connectivity index (χ0n) is 7.27. The van der Waals surface area contributed by atoms with E-state index < -0.39 is 0 Å². The lowest BCUT2D eigenvalue weighted by molar-refractivity contribution is 0.381. The molecule has 0 aliphatic carbocycles. The van der Waals surface area contributed by atoms with Crippen molar-refractivity contribution in [1.82, 2.24) is 10.5 Å². The monoisotopic (exact) mass is 154 g/mol. The Morgan fingerprint density at radius 3 is 2.82 bits per heavy atom. The standard InChI is InChI=1S/C8H14N2O/c1-4-8-7(5-9-3)6(2)10-11-8/h9H,4-5H2,1-3H3. The molecule has 0 aromatic carbocycles. The first-order valence-electron chi connectivity index (χ1n) is 3.88. The highest BCUT2D eigenvalue weighted by molar-refractivity contribution is 5.21. The van der Waals surface area contributed by atoms with Gasteiger partial charge in [0.2, 0.25) is 0 Å². The van der Waals surface area contributed by atoms with Gasteiger partial charge in [0.1, 0.15) is 5.76 Å². The van der Waals surface area contributed by atoms with Crippen molar-refractivity contribution in [3.63, 3.8) is 0 Å². The van der Waals surface area contributed by atoms with Gasteiger partial charge in [-0.2, -0.15) is 0 Å². The molecule has 3 nitrogen and oxygen atoms in total. The third-order valence-corrected chi connectivity index (χ3v) is 1.74. The van der Waals surface area contributed by atoms with Gasteiger partial charge in [0.15, 0.2) is 0 Å². The van der Waals surface area contributed by atoms with Crippen LogP contribution in [0.15, 0.2) is 4.52 Å². The normalized spacial score (nSPS) is 10.5. The minimum atomic E-state index is 0.846. The molecule has 0 bridgehead atoms. The maximum absolute atomic E-state index is 5.11. The fourth-order valence-electron chi connectivity index (χ4n) is 1.12. The molecule has 0 amide bonds. The Bertz CT molecular complexity index is 230. The van der Waals surface area contributed by atoms with Gasteiger partial charge in [-0.15, -0.1) is 0 Å². The first-order valence-corrected chi connectivity index (χ1v) is 3.88. The molecule has 0 aliphatic rings. The summed E-state index contributed by atoms with van der Waals surface area (Å²) in [6.45, 7) is 4.88. The molecule has 0 radical (unpaired) electrons. The van der Waals surface area contributed by atoms with Gasteiger partial charge >= 0.3 is 0 Å². The Kier molecular flexibility index (Phi) is 2.65. The lowest BCUT2D eigenvalue weighted by Gasteiger charge is -1.97. The van der Waals surface area contributed by atoms with Crippen LogP contribution >= 0.6 is 0 Å². The highest BCUT2D eigenvalue weighted by Crippen LogP contribution is 2.13. The first-order chi connectivity index (χ1) is 5.29. The summed E-state index contributed by atoms with van der Waals surface area (Å²) in [6, 6.07) is 0. The smallest absolute Gasteiger partial charge is 0.141 e. The third-order valence-electron chi connectivity index (χ3n) is 1.74. The van der Waals surface area contributed by atoms with Crippen LogP contribution in [0.25, 0.3) is 0 Å². The van der Waals surface area contributed by atoms with Crippen LogP contribution in [0.5, 0.6) is 0 Å². The molecule has 11 heavy (non-hydrogen) atoms. The molecule has 0 unspecified atom stereocenters. The highest BCUT2D eigenvalue weighted by atomic mass is 16.5. The van der Waals surface area contributed by atoms with Crippen LogP contribution in [0.1, 0.15) is 23.9 Å². The molecule has 0 saturated heterocycles. The van der Waals surface area contributed by atoms with Crippen LogP contribution in [0.4, 0.5) is 0 Å². The second-order valence-electron chi connectivity index (χ2n) is 2.55. The number of aryl methyl sites for hydroxylation is 2. The van der Waals surface area contributed by atoms with Gasteiger partial charge in [-0.1, -0.05) is 12.1 Å². The summed E-state index contributed by atoms with van der Waals surface area (Å²) >= 11 is 0. The van der Waals surface area contributed by atoms with E-state index in [1.165, 1.54) is 5.56 Å². The molecule has 0 fully saturated rings. The van der Waals surface area contributed by atoms with Crippen LogP contribution in [-0.2, 0) is 13.0 Å². The molecule has 0 aliphatic heterocycles. The van der Waals surface area contributed by atoms with Crippen LogP contribution in [0.3, 0.4) is 0 Å². The minimum Gasteiger partial charge on any atom is -0.361 e. The Hall–Kier alpha value is -0.830. The Balaban J connectivity index is 2.88. The maximum atomic E-state index is 5.11. The molecule has 0 atom stereocenters. The van der Waals surface area contributed by atoms with E-state index in [-0.39, 0.29) is 0 Å². The third kappa shape index (κ3) is 1.60. The van der Waals surface area contributed by atoms with Crippen LogP contribution in [-0.4, -0.2) is 12.2 Å². The molecule has 0 saturated carbocycles. The van der Waals surface area contributed by atoms with Gasteiger partial charge in [-0.3, -0.25) is 0 Å². The molecule has 1 aromatic heterocycles. The van der Waals surface area contributed by atoms with Gasteiger partial charge in [-0.25, -0.2) is 0 Å². The number of rotatable bonds is 3. The number of hydrogen-bond acceptors (Lipinski definition) is 3. The van der Waals surface area contributed by atoms with Crippen molar-refractivity contribution in [2.45, 2.75) is 26.8 Å². The topological polar surface area (TPSA) is 38.1 Å². The minimum absolute atomic E-state index is 0.846. The Morgan fingerprint density at radius 1 is 1.55 bits per heavy atom. The van der Waals surface area contributed by atoms with Gasteiger partial charge < -0.3 is 9.84 Å². The predicted octanol–water partition coefficient (Wildman–Crippen LogP) is 1.26. The highest BCUT2D eigenvalue weighted by Gasteiger charge is 2.08. The van der Waals surface area contributed by atoms with Crippen LogP contribution < -0.4 is 5.32 Å². The van der Waals surface area contributed by atoms with Gasteiger partial charge in [0, 0.05) is 18.5 Å². The quantitative estimate of drug-likeness (QED) is 0.712. The van der Waals surface area contributed by atoms with Crippen molar-refractivity contribution in [2.24, 2.45) is 0 Å². The van der Waals surface area contributed by atoms with Crippen molar-refractivity contribution in [3.05, 3.63) is 17.0 Å². The first kappa shape index (κ1) is 8.27. The molecule has 1 rings (SSSR count). The molecular formula is C8H14N2O. The molecule has 1 N–H and O–H groups in total.